The molecule has 3 heteroatoms. The Bertz CT molecular complexity index is 450. The van der Waals surface area contributed by atoms with Gasteiger partial charge < -0.3 is 9.52 Å². The molecule has 1 unspecified atom stereocenters. The fourth-order valence-electron chi connectivity index (χ4n) is 3.25. The van der Waals surface area contributed by atoms with E-state index in [0.29, 0.717) is 5.76 Å². The molecule has 1 fully saturated rings. The van der Waals surface area contributed by atoms with E-state index in [1.54, 1.807) is 6.26 Å². The molecule has 1 heterocycles. The second-order valence-electron chi connectivity index (χ2n) is 5.87. The molecule has 0 radical (unpaired) electrons. The molecule has 2 rings (SSSR count). The van der Waals surface area contributed by atoms with Gasteiger partial charge in [0.2, 0.25) is 0 Å². The van der Waals surface area contributed by atoms with Crippen molar-refractivity contribution in [1.82, 2.24) is 0 Å². The van der Waals surface area contributed by atoms with Crippen LogP contribution in [0.2, 0.25) is 0 Å². The van der Waals surface area contributed by atoms with E-state index >= 15 is 0 Å². The first kappa shape index (κ1) is 14.1. The van der Waals surface area contributed by atoms with E-state index in [1.807, 2.05) is 13.0 Å². The van der Waals surface area contributed by atoms with Crippen LogP contribution in [0.1, 0.15) is 62.9 Å². The van der Waals surface area contributed by atoms with Crippen molar-refractivity contribution in [2.75, 3.05) is 0 Å². The Balaban J connectivity index is 2.13. The molecule has 0 amide bonds. The van der Waals surface area contributed by atoms with Gasteiger partial charge in [0.25, 0.3) is 0 Å². The molecule has 1 atom stereocenters. The molecule has 0 bridgehead atoms. The molecular weight excluding hydrogens is 238 g/mol. The Morgan fingerprint density at radius 2 is 2.21 bits per heavy atom. The van der Waals surface area contributed by atoms with Crippen LogP contribution in [0.4, 0.5) is 0 Å². The van der Waals surface area contributed by atoms with Gasteiger partial charge in [-0.3, -0.25) is 0 Å². The van der Waals surface area contributed by atoms with Crippen LogP contribution in [-0.4, -0.2) is 5.11 Å². The van der Waals surface area contributed by atoms with E-state index in [4.69, 9.17) is 4.42 Å². The van der Waals surface area contributed by atoms with E-state index in [-0.39, 0.29) is 0 Å². The lowest BCUT2D eigenvalue weighted by Gasteiger charge is -2.37. The van der Waals surface area contributed by atoms with Crippen molar-refractivity contribution in [1.29, 1.82) is 5.26 Å². The lowest BCUT2D eigenvalue weighted by Crippen LogP contribution is -2.32. The third-order valence-corrected chi connectivity index (χ3v) is 4.59. The molecular formula is C16H23NO2. The number of rotatable bonds is 4. The molecule has 104 valence electrons. The highest BCUT2D eigenvalue weighted by atomic mass is 16.4. The molecule has 1 aliphatic carbocycles. The summed E-state index contributed by atoms with van der Waals surface area (Å²) < 4.78 is 5.38. The summed E-state index contributed by atoms with van der Waals surface area (Å²) in [6.07, 6.45) is 6.85. The zero-order valence-electron chi connectivity index (χ0n) is 11.9. The Hall–Kier alpha value is -1.27. The summed E-state index contributed by atoms with van der Waals surface area (Å²) in [5.41, 5.74) is 0.269. The van der Waals surface area contributed by atoms with Crippen LogP contribution in [0.15, 0.2) is 16.7 Å². The Kier molecular flexibility index (Phi) is 4.31. The van der Waals surface area contributed by atoms with Crippen LogP contribution in [0, 0.1) is 29.6 Å². The van der Waals surface area contributed by atoms with Crippen molar-refractivity contribution in [3.8, 4) is 6.07 Å². The average Bonchev–Trinajstić information content (AvgIpc) is 2.85. The van der Waals surface area contributed by atoms with Gasteiger partial charge in [0.15, 0.2) is 0 Å². The first-order chi connectivity index (χ1) is 9.13. The maximum Gasteiger partial charge on any atom is 0.136 e. The molecule has 1 aliphatic rings. The van der Waals surface area contributed by atoms with Gasteiger partial charge in [-0.25, -0.2) is 0 Å². The van der Waals surface area contributed by atoms with Crippen LogP contribution in [0.25, 0.3) is 0 Å². The van der Waals surface area contributed by atoms with Crippen molar-refractivity contribution in [3.63, 3.8) is 0 Å². The van der Waals surface area contributed by atoms with Crippen molar-refractivity contribution in [3.05, 3.63) is 23.7 Å². The zero-order valence-corrected chi connectivity index (χ0v) is 11.9. The standard InChI is InChI=1S/C16H23NO2/c1-3-4-13-5-8-16(11-17,9-6-13)15(18)14-12(2)7-10-19-14/h7,10,13,15,18H,3-6,8-9H2,1-2H3. The van der Waals surface area contributed by atoms with E-state index < -0.39 is 11.5 Å². The SMILES string of the molecule is CCCC1CCC(C#N)(C(O)c2occc2C)CC1. The summed E-state index contributed by atoms with van der Waals surface area (Å²) >= 11 is 0. The minimum atomic E-state index is -0.796. The predicted molar refractivity (Wildman–Crippen MR) is 73.3 cm³/mol. The van der Waals surface area contributed by atoms with Crippen molar-refractivity contribution in [2.24, 2.45) is 11.3 Å². The highest BCUT2D eigenvalue weighted by molar-refractivity contribution is 5.22. The number of aliphatic hydroxyl groups excluding tert-OH is 1. The largest absolute Gasteiger partial charge is 0.466 e. The fraction of sp³-hybridized carbons (Fsp3) is 0.688. The van der Waals surface area contributed by atoms with E-state index in [2.05, 4.69) is 13.0 Å². The number of aliphatic hydroxyl groups is 1. The van der Waals surface area contributed by atoms with E-state index in [1.165, 1.54) is 12.8 Å². The van der Waals surface area contributed by atoms with E-state index in [0.717, 1.165) is 37.2 Å². The van der Waals surface area contributed by atoms with Gasteiger partial charge in [-0.15, -0.1) is 0 Å². The fourth-order valence-corrected chi connectivity index (χ4v) is 3.25. The van der Waals surface area contributed by atoms with E-state index in [9.17, 15) is 10.4 Å². The van der Waals surface area contributed by atoms with Crippen molar-refractivity contribution in [2.45, 2.75) is 58.5 Å². The molecule has 1 aromatic rings. The molecule has 0 spiro atoms. The molecule has 0 aliphatic heterocycles. The van der Waals surface area contributed by atoms with Crippen molar-refractivity contribution < 1.29 is 9.52 Å². The molecule has 1 aromatic heterocycles. The van der Waals surface area contributed by atoms with Gasteiger partial charge in [-0.2, -0.15) is 5.26 Å². The highest BCUT2D eigenvalue weighted by Gasteiger charge is 2.44. The third-order valence-electron chi connectivity index (χ3n) is 4.59. The number of nitriles is 1. The van der Waals surface area contributed by atoms with Crippen LogP contribution < -0.4 is 0 Å². The third kappa shape index (κ3) is 2.69. The van der Waals surface area contributed by atoms with Gasteiger partial charge in [-0.05, 0) is 50.2 Å². The maximum atomic E-state index is 10.6. The number of furan rings is 1. The second-order valence-corrected chi connectivity index (χ2v) is 5.87. The second kappa shape index (κ2) is 5.79. The summed E-state index contributed by atoms with van der Waals surface area (Å²) in [5.74, 6) is 1.28. The van der Waals surface area contributed by atoms with Crippen LogP contribution in [-0.2, 0) is 0 Å². The number of hydrogen-bond acceptors (Lipinski definition) is 3. The van der Waals surface area contributed by atoms with Gasteiger partial charge in [0.1, 0.15) is 11.9 Å². The van der Waals surface area contributed by atoms with Crippen LogP contribution in [0.3, 0.4) is 0 Å². The summed E-state index contributed by atoms with van der Waals surface area (Å²) in [6, 6.07) is 4.22. The predicted octanol–water partition coefficient (Wildman–Crippen LogP) is 4.12. The van der Waals surface area contributed by atoms with Gasteiger partial charge in [0.05, 0.1) is 17.7 Å². The van der Waals surface area contributed by atoms with Crippen LogP contribution >= 0.6 is 0 Å². The number of aryl methyl sites for hydroxylation is 1. The number of nitrogens with zero attached hydrogens (tertiary/aromatic N) is 1. The topological polar surface area (TPSA) is 57.2 Å². The van der Waals surface area contributed by atoms with Crippen molar-refractivity contribution >= 4 is 0 Å². The Morgan fingerprint density at radius 3 is 2.68 bits per heavy atom. The molecule has 1 N–H and O–H groups in total. The molecule has 0 aromatic carbocycles. The summed E-state index contributed by atoms with van der Waals surface area (Å²) in [4.78, 5) is 0. The quantitative estimate of drug-likeness (QED) is 0.886. The lowest BCUT2D eigenvalue weighted by atomic mass is 9.66. The minimum Gasteiger partial charge on any atom is -0.466 e. The highest BCUT2D eigenvalue weighted by Crippen LogP contribution is 2.48. The summed E-state index contributed by atoms with van der Waals surface area (Å²) in [6.45, 7) is 4.11. The smallest absolute Gasteiger partial charge is 0.136 e. The lowest BCUT2D eigenvalue weighted by molar-refractivity contribution is 0.00856. The zero-order chi connectivity index (χ0) is 13.9. The average molecular weight is 261 g/mol. The Morgan fingerprint density at radius 1 is 1.53 bits per heavy atom. The normalized spacial score (nSPS) is 28.8. The van der Waals surface area contributed by atoms with Gasteiger partial charge in [0, 0.05) is 0 Å². The summed E-state index contributed by atoms with van der Waals surface area (Å²) in [5, 5.41) is 20.1. The van der Waals surface area contributed by atoms with Gasteiger partial charge in [-0.1, -0.05) is 19.8 Å². The van der Waals surface area contributed by atoms with Crippen LogP contribution in [0.5, 0.6) is 0 Å². The minimum absolute atomic E-state index is 0.565. The molecule has 3 nitrogen and oxygen atoms in total. The molecule has 19 heavy (non-hydrogen) atoms. The Labute approximate surface area is 115 Å². The maximum absolute atomic E-state index is 10.6. The molecule has 0 saturated heterocycles. The monoisotopic (exact) mass is 261 g/mol. The summed E-state index contributed by atoms with van der Waals surface area (Å²) in [7, 11) is 0. The number of hydrogen-bond donors (Lipinski definition) is 1. The first-order valence-electron chi connectivity index (χ1n) is 7.26. The first-order valence-corrected chi connectivity index (χ1v) is 7.26. The molecule has 1 saturated carbocycles. The van der Waals surface area contributed by atoms with Gasteiger partial charge >= 0.3 is 0 Å².